The van der Waals surface area contributed by atoms with Crippen LogP contribution in [0.5, 0.6) is 0 Å². The second-order valence-corrected chi connectivity index (χ2v) is 24.4. The number of nitrogens with one attached hydrogen (secondary N) is 1. The van der Waals surface area contributed by atoms with E-state index in [0.29, 0.717) is 17.4 Å². The number of rotatable bonds is 58. The Bertz CT molecular complexity index is 1740. The van der Waals surface area contributed by atoms with Crippen molar-refractivity contribution in [2.45, 2.75) is 283 Å². The number of phosphoric ester groups is 1. The predicted molar refractivity (Wildman–Crippen MR) is 346 cm³/mol. The monoisotopic (exact) mass is 1140 g/mol. The van der Waals surface area contributed by atoms with Crippen molar-refractivity contribution < 1.29 is 37.3 Å². The minimum Gasteiger partial charge on any atom is -0.456 e. The van der Waals surface area contributed by atoms with Crippen molar-refractivity contribution in [3.05, 3.63) is 109 Å². The SMILES string of the molecule is CC/C=C/C/C=C/C/C=C/C/C=C/C/C=C/CCC(=O)NC(COP(=O)(O)OCC[N+](C)(C)C)C(/C=C\CCCCCCCCCCC)OC(=O)CCCCCCCCCCCCCCCC/C=C\C/C=C\C/C=C\CCCCC. The second kappa shape index (κ2) is 58.9. The van der Waals surface area contributed by atoms with Gasteiger partial charge in [0.1, 0.15) is 19.3 Å². The van der Waals surface area contributed by atoms with Crippen LogP contribution in [0.3, 0.4) is 0 Å². The van der Waals surface area contributed by atoms with Crippen molar-refractivity contribution in [1.29, 1.82) is 0 Å². The van der Waals surface area contributed by atoms with Crippen LogP contribution in [0.25, 0.3) is 0 Å². The van der Waals surface area contributed by atoms with Gasteiger partial charge in [-0.25, -0.2) is 4.57 Å². The van der Waals surface area contributed by atoms with E-state index < -0.39 is 20.0 Å². The first kappa shape index (κ1) is 76.7. The van der Waals surface area contributed by atoms with E-state index in [-0.39, 0.29) is 37.9 Å². The highest BCUT2D eigenvalue weighted by atomic mass is 31.2. The zero-order valence-corrected chi connectivity index (χ0v) is 53.4. The molecule has 0 aromatic carbocycles. The van der Waals surface area contributed by atoms with Crippen molar-refractivity contribution in [1.82, 2.24) is 5.32 Å². The van der Waals surface area contributed by atoms with Gasteiger partial charge in [-0.2, -0.15) is 0 Å². The normalized spacial score (nSPS) is 14.3. The van der Waals surface area contributed by atoms with Gasteiger partial charge in [0.25, 0.3) is 0 Å². The molecule has 0 aromatic rings. The van der Waals surface area contributed by atoms with Gasteiger partial charge in [0, 0.05) is 12.8 Å². The lowest BCUT2D eigenvalue weighted by molar-refractivity contribution is -0.870. The molecule has 0 saturated heterocycles. The number of nitrogens with zero attached hydrogens (tertiary/aromatic N) is 1. The van der Waals surface area contributed by atoms with Crippen LogP contribution < -0.4 is 5.32 Å². The van der Waals surface area contributed by atoms with Crippen LogP contribution >= 0.6 is 7.82 Å². The van der Waals surface area contributed by atoms with Crippen LogP contribution in [0.15, 0.2) is 109 Å². The van der Waals surface area contributed by atoms with E-state index in [1.165, 1.54) is 148 Å². The Labute approximate surface area is 493 Å². The molecule has 2 N–H and O–H groups in total. The summed E-state index contributed by atoms with van der Waals surface area (Å²) in [6.45, 7) is 6.81. The third-order valence-electron chi connectivity index (χ3n) is 14.0. The topological polar surface area (TPSA) is 111 Å². The van der Waals surface area contributed by atoms with Gasteiger partial charge >= 0.3 is 13.8 Å². The molecule has 0 radical (unpaired) electrons. The number of carbonyl (C=O) groups is 2. The molecule has 10 heteroatoms. The Balaban J connectivity index is 5.11. The number of hydrogen-bond donors (Lipinski definition) is 2. The van der Waals surface area contributed by atoms with Crippen LogP contribution in [0.2, 0.25) is 0 Å². The summed E-state index contributed by atoms with van der Waals surface area (Å²) in [6.07, 6.45) is 81.2. The molecule has 0 aliphatic heterocycles. The standard InChI is InChI=1S/C70H123N2O7P/c1-7-10-13-16-19-22-25-27-29-31-32-33-34-35-36-37-38-39-40-41-43-45-48-51-54-57-60-63-70(74)79-68(61-58-55-52-49-46-24-21-18-15-12-9-3)67(66-78-80(75,76)77-65-64-72(4,5)6)71-69(73)62-59-56-53-50-47-44-42-30-28-26-23-20-17-14-11-8-2/h11,14,19-20,22-23,27-30,32-33,44,47,53,56,58,61,67-68H,7-10,12-13,15-18,21,24-26,31,34-43,45-46,48-52,54-55,57,59-60,62-66H2,1-6H3,(H-,71,73,75,76)/p+1/b14-11+,22-19-,23-20+,29-27-,30-28+,33-32-,47-44+,56-53+,61-58-. The first-order chi connectivity index (χ1) is 38.9. The number of ether oxygens (including phenoxy) is 1. The number of esters is 1. The largest absolute Gasteiger partial charge is 0.472 e. The van der Waals surface area contributed by atoms with E-state index in [0.717, 1.165) is 83.5 Å². The van der Waals surface area contributed by atoms with Gasteiger partial charge in [0.2, 0.25) is 5.91 Å². The molecule has 0 bridgehead atoms. The fourth-order valence-electron chi connectivity index (χ4n) is 8.93. The van der Waals surface area contributed by atoms with E-state index >= 15 is 0 Å². The lowest BCUT2D eigenvalue weighted by Crippen LogP contribution is -2.47. The van der Waals surface area contributed by atoms with Gasteiger partial charge < -0.3 is 19.4 Å². The summed E-state index contributed by atoms with van der Waals surface area (Å²) in [7, 11) is 1.44. The molecule has 0 aliphatic rings. The van der Waals surface area contributed by atoms with Crippen LogP contribution in [-0.2, 0) is 27.9 Å². The van der Waals surface area contributed by atoms with Gasteiger partial charge in [-0.3, -0.25) is 18.6 Å². The fourth-order valence-corrected chi connectivity index (χ4v) is 9.67. The summed E-state index contributed by atoms with van der Waals surface area (Å²) in [6, 6.07) is -0.894. The zero-order chi connectivity index (χ0) is 58.6. The van der Waals surface area contributed by atoms with E-state index in [9.17, 15) is 19.0 Å². The van der Waals surface area contributed by atoms with Crippen molar-refractivity contribution in [2.75, 3.05) is 40.9 Å². The van der Waals surface area contributed by atoms with Gasteiger partial charge in [-0.05, 0) is 102 Å². The molecular weight excluding hydrogens is 1010 g/mol. The Kier molecular flexibility index (Phi) is 56.4. The number of phosphoric acid groups is 1. The van der Waals surface area contributed by atoms with Crippen LogP contribution in [-0.4, -0.2) is 74.3 Å². The second-order valence-electron chi connectivity index (χ2n) is 22.9. The lowest BCUT2D eigenvalue weighted by Gasteiger charge is -2.27. The lowest BCUT2D eigenvalue weighted by atomic mass is 10.0. The maximum absolute atomic E-state index is 13.5. The average molecular weight is 1140 g/mol. The Morgan fingerprint density at radius 3 is 1.25 bits per heavy atom. The van der Waals surface area contributed by atoms with E-state index in [1.807, 2.05) is 39.4 Å². The van der Waals surface area contributed by atoms with Crippen molar-refractivity contribution in [3.8, 4) is 0 Å². The Morgan fingerprint density at radius 2 is 0.812 bits per heavy atom. The molecular formula is C70H124N2O7P+. The number of quaternary nitrogens is 1. The highest BCUT2D eigenvalue weighted by molar-refractivity contribution is 7.47. The van der Waals surface area contributed by atoms with Crippen molar-refractivity contribution in [2.24, 2.45) is 0 Å². The summed E-state index contributed by atoms with van der Waals surface area (Å²) in [4.78, 5) is 37.7. The number of allylic oxidation sites excluding steroid dienone is 17. The van der Waals surface area contributed by atoms with Gasteiger partial charge in [0.15, 0.2) is 0 Å². The fraction of sp³-hybridized carbons (Fsp3) is 0.714. The number of likely N-dealkylation sites (N-methyl/N-ethyl adjacent to an activating group) is 1. The molecule has 0 aromatic heterocycles. The molecule has 3 unspecified atom stereocenters. The van der Waals surface area contributed by atoms with Gasteiger partial charge in [0.05, 0.1) is 33.8 Å². The minimum atomic E-state index is -4.47. The van der Waals surface area contributed by atoms with Gasteiger partial charge in [-0.15, -0.1) is 0 Å². The first-order valence-electron chi connectivity index (χ1n) is 32.7. The van der Waals surface area contributed by atoms with Crippen molar-refractivity contribution >= 4 is 19.7 Å². The smallest absolute Gasteiger partial charge is 0.456 e. The summed E-state index contributed by atoms with van der Waals surface area (Å²) >= 11 is 0. The molecule has 80 heavy (non-hydrogen) atoms. The Hall–Kier alpha value is -3.33. The molecule has 3 atom stereocenters. The summed E-state index contributed by atoms with van der Waals surface area (Å²) in [5, 5.41) is 3.00. The number of hydrogen-bond acceptors (Lipinski definition) is 6. The zero-order valence-electron chi connectivity index (χ0n) is 52.5. The average Bonchev–Trinajstić information content (AvgIpc) is 3.43. The van der Waals surface area contributed by atoms with Crippen LogP contribution in [0, 0.1) is 0 Å². The molecule has 0 spiro atoms. The molecule has 9 nitrogen and oxygen atoms in total. The molecule has 0 saturated carbocycles. The molecule has 460 valence electrons. The molecule has 0 aliphatic carbocycles. The Morgan fingerprint density at radius 1 is 0.450 bits per heavy atom. The van der Waals surface area contributed by atoms with Crippen LogP contribution in [0.1, 0.15) is 271 Å². The molecule has 0 heterocycles. The van der Waals surface area contributed by atoms with Gasteiger partial charge in [-0.1, -0.05) is 265 Å². The first-order valence-corrected chi connectivity index (χ1v) is 34.2. The molecule has 0 rings (SSSR count). The maximum Gasteiger partial charge on any atom is 0.472 e. The number of carbonyl (C=O) groups excluding carboxylic acids is 2. The quantitative estimate of drug-likeness (QED) is 0.0205. The van der Waals surface area contributed by atoms with Crippen LogP contribution in [0.4, 0.5) is 0 Å². The predicted octanol–water partition coefficient (Wildman–Crippen LogP) is 20.5. The third-order valence-corrected chi connectivity index (χ3v) is 14.9. The maximum atomic E-state index is 13.5. The summed E-state index contributed by atoms with van der Waals surface area (Å²) < 4.78 is 30.6. The minimum absolute atomic E-state index is 0.0225. The summed E-state index contributed by atoms with van der Waals surface area (Å²) in [5.41, 5.74) is 0. The number of amides is 1. The third kappa shape index (κ3) is 59.3. The van der Waals surface area contributed by atoms with E-state index in [1.54, 1.807) is 0 Å². The van der Waals surface area contributed by atoms with Crippen molar-refractivity contribution in [3.63, 3.8) is 0 Å². The number of unbranched alkanes of at least 4 members (excludes halogenated alkanes) is 26. The highest BCUT2D eigenvalue weighted by Crippen LogP contribution is 2.43. The molecule has 0 fully saturated rings. The highest BCUT2D eigenvalue weighted by Gasteiger charge is 2.30. The molecule has 1 amide bonds. The van der Waals surface area contributed by atoms with E-state index in [2.05, 4.69) is 117 Å². The summed E-state index contributed by atoms with van der Waals surface area (Å²) in [5.74, 6) is -0.605. The van der Waals surface area contributed by atoms with E-state index in [4.69, 9.17) is 13.8 Å².